The third-order valence-corrected chi connectivity index (χ3v) is 3.08. The van der Waals surface area contributed by atoms with Crippen LogP contribution in [0, 0.1) is 0 Å². The molecule has 0 spiro atoms. The number of hydrogen-bond donors (Lipinski definition) is 1. The first-order chi connectivity index (χ1) is 9.85. The zero-order valence-electron chi connectivity index (χ0n) is 10.7. The molecular formula is C13H11Cl2NO5. The normalized spacial score (nSPS) is 15.6. The number of nitrogens with two attached hydrogens (primary N) is 1. The molecule has 112 valence electrons. The Hall–Kier alpha value is -1.92. The summed E-state index contributed by atoms with van der Waals surface area (Å²) in [6, 6.07) is 5.14. The molecule has 1 aliphatic heterocycles. The maximum absolute atomic E-state index is 10.9. The lowest BCUT2D eigenvalue weighted by Crippen LogP contribution is -2.36. The topological polar surface area (TPSA) is 104 Å². The monoisotopic (exact) mass is 331 g/mol. The van der Waals surface area contributed by atoms with E-state index >= 15 is 0 Å². The lowest BCUT2D eigenvalue weighted by molar-refractivity contribution is -0.127. The molecule has 0 fully saturated rings. The van der Waals surface area contributed by atoms with Crippen LogP contribution in [0.25, 0.3) is 0 Å². The Morgan fingerprint density at radius 3 is 2.33 bits per heavy atom. The van der Waals surface area contributed by atoms with E-state index < -0.39 is 22.5 Å². The highest BCUT2D eigenvalue weighted by atomic mass is 35.5. The van der Waals surface area contributed by atoms with Gasteiger partial charge in [-0.05, 0) is 59.8 Å². The first-order valence-corrected chi connectivity index (χ1v) is 6.54. The molecule has 2 N–H and O–H groups in total. The summed E-state index contributed by atoms with van der Waals surface area (Å²) in [5.41, 5.74) is 6.74. The smallest absolute Gasteiger partial charge is 0.304 e. The second kappa shape index (κ2) is 7.75. The minimum absolute atomic E-state index is 0.444. The lowest BCUT2D eigenvalue weighted by Gasteiger charge is -2.23. The van der Waals surface area contributed by atoms with E-state index in [9.17, 15) is 19.2 Å². The van der Waals surface area contributed by atoms with Crippen molar-refractivity contribution in [3.63, 3.8) is 0 Å². The van der Waals surface area contributed by atoms with Crippen molar-refractivity contribution in [2.75, 3.05) is 0 Å². The largest absolute Gasteiger partial charge is 0.480 e. The SMILES string of the molecule is NC(=O)C1CCc2cc(C=O)ccc2O1.O=C(Cl)C(=O)Cl. The Labute approximate surface area is 130 Å². The van der Waals surface area contributed by atoms with Gasteiger partial charge in [-0.25, -0.2) is 0 Å². The predicted octanol–water partition coefficient (Wildman–Crippen LogP) is 1.20. The number of rotatable bonds is 3. The Morgan fingerprint density at radius 1 is 1.24 bits per heavy atom. The number of carbonyl (C=O) groups is 4. The summed E-state index contributed by atoms with van der Waals surface area (Å²) >= 11 is 8.98. The molecule has 1 unspecified atom stereocenters. The summed E-state index contributed by atoms with van der Waals surface area (Å²) in [6.45, 7) is 0. The summed E-state index contributed by atoms with van der Waals surface area (Å²) in [7, 11) is 0. The van der Waals surface area contributed by atoms with Crippen LogP contribution >= 0.6 is 23.2 Å². The molecule has 0 radical (unpaired) electrons. The number of carbonyl (C=O) groups excluding carboxylic acids is 4. The fourth-order valence-electron chi connectivity index (χ4n) is 1.68. The van der Waals surface area contributed by atoms with Crippen LogP contribution in [0.15, 0.2) is 18.2 Å². The molecule has 1 heterocycles. The fourth-order valence-corrected chi connectivity index (χ4v) is 1.68. The van der Waals surface area contributed by atoms with Crippen molar-refractivity contribution in [2.45, 2.75) is 18.9 Å². The second-order valence-electron chi connectivity index (χ2n) is 4.08. The van der Waals surface area contributed by atoms with Gasteiger partial charge in [-0.1, -0.05) is 0 Å². The number of primary amides is 1. The van der Waals surface area contributed by atoms with Gasteiger partial charge in [-0.3, -0.25) is 19.2 Å². The van der Waals surface area contributed by atoms with Crippen molar-refractivity contribution in [2.24, 2.45) is 5.73 Å². The van der Waals surface area contributed by atoms with Crippen LogP contribution < -0.4 is 10.5 Å². The molecule has 8 heteroatoms. The van der Waals surface area contributed by atoms with Gasteiger partial charge >= 0.3 is 10.5 Å². The van der Waals surface area contributed by atoms with E-state index in [1.54, 1.807) is 18.2 Å². The first-order valence-electron chi connectivity index (χ1n) is 5.78. The van der Waals surface area contributed by atoms with Crippen molar-refractivity contribution in [3.8, 4) is 5.75 Å². The molecule has 1 aromatic rings. The van der Waals surface area contributed by atoms with E-state index in [1.807, 2.05) is 0 Å². The van der Waals surface area contributed by atoms with Crippen LogP contribution in [0.3, 0.4) is 0 Å². The molecule has 0 aliphatic carbocycles. The van der Waals surface area contributed by atoms with Gasteiger partial charge < -0.3 is 10.5 Å². The number of aryl methyl sites for hydroxylation is 1. The van der Waals surface area contributed by atoms with Gasteiger partial charge in [-0.2, -0.15) is 0 Å². The summed E-state index contributed by atoms with van der Waals surface area (Å²) in [5.74, 6) is 0.204. The maximum Gasteiger partial charge on any atom is 0.304 e. The molecule has 0 saturated carbocycles. The molecule has 0 saturated heterocycles. The molecule has 1 aromatic carbocycles. The van der Waals surface area contributed by atoms with E-state index in [4.69, 9.17) is 10.5 Å². The minimum atomic E-state index is -1.14. The molecule has 21 heavy (non-hydrogen) atoms. The van der Waals surface area contributed by atoms with Gasteiger partial charge in [0.25, 0.3) is 5.91 Å². The first kappa shape index (κ1) is 17.1. The standard InChI is InChI=1S/C11H11NO3.C2Cl2O2/c12-11(14)10-4-2-8-5-7(6-13)1-3-9(8)15-10;3-1(5)2(4)6/h1,3,5-6,10H,2,4H2,(H2,12,14);. The zero-order chi connectivity index (χ0) is 16.0. The number of hydrogen-bond acceptors (Lipinski definition) is 5. The minimum Gasteiger partial charge on any atom is -0.480 e. The molecular weight excluding hydrogens is 321 g/mol. The van der Waals surface area contributed by atoms with Gasteiger partial charge in [0.1, 0.15) is 12.0 Å². The van der Waals surface area contributed by atoms with Gasteiger partial charge in [0.15, 0.2) is 6.10 Å². The number of benzene rings is 1. The summed E-state index contributed by atoms with van der Waals surface area (Å²) in [5, 5.41) is -2.28. The second-order valence-corrected chi connectivity index (χ2v) is 4.77. The third-order valence-electron chi connectivity index (χ3n) is 2.64. The van der Waals surface area contributed by atoms with Crippen LogP contribution in [0.2, 0.25) is 0 Å². The molecule has 1 amide bonds. The van der Waals surface area contributed by atoms with Crippen molar-refractivity contribution in [1.82, 2.24) is 0 Å². The predicted molar refractivity (Wildman–Crippen MR) is 75.5 cm³/mol. The van der Waals surface area contributed by atoms with Gasteiger partial charge in [0.05, 0.1) is 0 Å². The third kappa shape index (κ3) is 5.17. The van der Waals surface area contributed by atoms with E-state index in [-0.39, 0.29) is 0 Å². The van der Waals surface area contributed by atoms with Crippen molar-refractivity contribution in [1.29, 1.82) is 0 Å². The fraction of sp³-hybridized carbons (Fsp3) is 0.231. The van der Waals surface area contributed by atoms with Gasteiger partial charge in [-0.15, -0.1) is 0 Å². The van der Waals surface area contributed by atoms with Crippen LogP contribution in [-0.2, 0) is 20.8 Å². The molecule has 6 nitrogen and oxygen atoms in total. The average Bonchev–Trinajstić information content (AvgIpc) is 2.46. The molecule has 0 bridgehead atoms. The highest BCUT2D eigenvalue weighted by molar-refractivity contribution is 6.97. The molecule has 2 rings (SSSR count). The number of amides is 1. The Bertz CT molecular complexity index is 576. The molecule has 0 aromatic heterocycles. The number of fused-ring (bicyclic) bond motifs is 1. The number of ether oxygens (including phenoxy) is 1. The van der Waals surface area contributed by atoms with E-state index in [0.29, 0.717) is 24.2 Å². The highest BCUT2D eigenvalue weighted by Crippen LogP contribution is 2.27. The summed E-state index contributed by atoms with van der Waals surface area (Å²) in [6.07, 6.45) is 1.54. The van der Waals surface area contributed by atoms with Gasteiger partial charge in [0.2, 0.25) is 0 Å². The average molecular weight is 332 g/mol. The Morgan fingerprint density at radius 2 is 1.86 bits per heavy atom. The van der Waals surface area contributed by atoms with E-state index in [1.165, 1.54) is 0 Å². The maximum atomic E-state index is 10.9. The Kier molecular flexibility index (Phi) is 6.33. The molecule has 1 aliphatic rings. The quantitative estimate of drug-likeness (QED) is 0.509. The number of halogens is 2. The van der Waals surface area contributed by atoms with E-state index in [2.05, 4.69) is 23.2 Å². The highest BCUT2D eigenvalue weighted by Gasteiger charge is 2.23. The van der Waals surface area contributed by atoms with Crippen LogP contribution in [0.4, 0.5) is 0 Å². The van der Waals surface area contributed by atoms with Crippen LogP contribution in [0.1, 0.15) is 22.3 Å². The zero-order valence-corrected chi connectivity index (χ0v) is 12.2. The van der Waals surface area contributed by atoms with Crippen molar-refractivity contribution in [3.05, 3.63) is 29.3 Å². The van der Waals surface area contributed by atoms with E-state index in [0.717, 1.165) is 11.8 Å². The van der Waals surface area contributed by atoms with Crippen molar-refractivity contribution < 1.29 is 23.9 Å². The van der Waals surface area contributed by atoms with Gasteiger partial charge in [0, 0.05) is 5.56 Å². The summed E-state index contributed by atoms with van der Waals surface area (Å²) < 4.78 is 5.40. The number of aldehydes is 1. The molecule has 1 atom stereocenters. The summed E-state index contributed by atoms with van der Waals surface area (Å²) in [4.78, 5) is 40.3. The van der Waals surface area contributed by atoms with Crippen LogP contribution in [-0.4, -0.2) is 28.8 Å². The Balaban J connectivity index is 0.000000315. The van der Waals surface area contributed by atoms with Crippen molar-refractivity contribution >= 4 is 45.9 Å². The van der Waals surface area contributed by atoms with Crippen LogP contribution in [0.5, 0.6) is 5.75 Å². The lowest BCUT2D eigenvalue weighted by atomic mass is 10.00.